The summed E-state index contributed by atoms with van der Waals surface area (Å²) < 4.78 is 45.2. The number of ether oxygens (including phenoxy) is 1. The highest BCUT2D eigenvalue weighted by atomic mass is 19.2. The monoisotopic (exact) mass is 374 g/mol. The van der Waals surface area contributed by atoms with Crippen LogP contribution in [0.1, 0.15) is 5.56 Å². The standard InChI is InChI=1S/C19H17F3N4O/c1-27-13-4-2-3-12(11-13)7-9-23-16-8-10-24-19(26-16)25-15-6-5-14(20)17(21)18(15)22/h2-6,8,10-11H,7,9H2,1H3,(H2,23,24,25,26). The molecule has 3 aromatic rings. The van der Waals surface area contributed by atoms with Gasteiger partial charge in [0.05, 0.1) is 12.8 Å². The van der Waals surface area contributed by atoms with Crippen LogP contribution in [0.4, 0.5) is 30.6 Å². The fourth-order valence-electron chi connectivity index (χ4n) is 2.42. The molecular weight excluding hydrogens is 357 g/mol. The van der Waals surface area contributed by atoms with Crippen LogP contribution in [0.15, 0.2) is 48.7 Å². The predicted molar refractivity (Wildman–Crippen MR) is 96.8 cm³/mol. The summed E-state index contributed by atoms with van der Waals surface area (Å²) in [7, 11) is 1.61. The molecule has 1 heterocycles. The molecule has 0 aliphatic carbocycles. The molecule has 5 nitrogen and oxygen atoms in total. The lowest BCUT2D eigenvalue weighted by Gasteiger charge is -2.10. The highest BCUT2D eigenvalue weighted by molar-refractivity contribution is 5.55. The van der Waals surface area contributed by atoms with Crippen LogP contribution in [0, 0.1) is 17.5 Å². The summed E-state index contributed by atoms with van der Waals surface area (Å²) in [5.41, 5.74) is 0.848. The molecule has 27 heavy (non-hydrogen) atoms. The highest BCUT2D eigenvalue weighted by Crippen LogP contribution is 2.22. The number of halogens is 3. The maximum absolute atomic E-state index is 13.7. The molecule has 0 spiro atoms. The minimum Gasteiger partial charge on any atom is -0.497 e. The van der Waals surface area contributed by atoms with E-state index in [1.807, 2.05) is 24.3 Å². The van der Waals surface area contributed by atoms with Crippen molar-refractivity contribution in [2.45, 2.75) is 6.42 Å². The van der Waals surface area contributed by atoms with Crippen molar-refractivity contribution in [3.05, 3.63) is 71.7 Å². The molecule has 0 saturated heterocycles. The zero-order valence-electron chi connectivity index (χ0n) is 14.5. The van der Waals surface area contributed by atoms with Crippen molar-refractivity contribution >= 4 is 17.5 Å². The van der Waals surface area contributed by atoms with Gasteiger partial charge in [0.15, 0.2) is 17.5 Å². The van der Waals surface area contributed by atoms with E-state index in [0.29, 0.717) is 12.4 Å². The van der Waals surface area contributed by atoms with Gasteiger partial charge in [0, 0.05) is 12.7 Å². The molecule has 1 aromatic heterocycles. The summed E-state index contributed by atoms with van der Waals surface area (Å²) in [4.78, 5) is 8.14. The molecule has 0 aliphatic heterocycles. The zero-order chi connectivity index (χ0) is 19.2. The van der Waals surface area contributed by atoms with Crippen LogP contribution in [0.25, 0.3) is 0 Å². The van der Waals surface area contributed by atoms with E-state index in [2.05, 4.69) is 20.6 Å². The van der Waals surface area contributed by atoms with Crippen molar-refractivity contribution in [2.75, 3.05) is 24.3 Å². The third-order valence-corrected chi connectivity index (χ3v) is 3.79. The van der Waals surface area contributed by atoms with Gasteiger partial charge in [0.2, 0.25) is 5.95 Å². The minimum absolute atomic E-state index is 0.0614. The van der Waals surface area contributed by atoms with Crippen molar-refractivity contribution < 1.29 is 17.9 Å². The Morgan fingerprint density at radius 3 is 2.70 bits per heavy atom. The number of benzene rings is 2. The van der Waals surface area contributed by atoms with E-state index in [1.165, 1.54) is 6.20 Å². The first-order valence-electron chi connectivity index (χ1n) is 8.17. The number of hydrogen-bond donors (Lipinski definition) is 2. The summed E-state index contributed by atoms with van der Waals surface area (Å²) in [5, 5.41) is 5.68. The second-order valence-electron chi connectivity index (χ2n) is 5.64. The van der Waals surface area contributed by atoms with Gasteiger partial charge in [-0.25, -0.2) is 18.2 Å². The zero-order valence-corrected chi connectivity index (χ0v) is 14.5. The van der Waals surface area contributed by atoms with Gasteiger partial charge in [0.1, 0.15) is 11.6 Å². The molecule has 0 radical (unpaired) electrons. The van der Waals surface area contributed by atoms with Gasteiger partial charge in [-0.2, -0.15) is 4.98 Å². The average molecular weight is 374 g/mol. The Labute approximate surface area is 154 Å². The van der Waals surface area contributed by atoms with Crippen molar-refractivity contribution in [1.29, 1.82) is 0 Å². The largest absolute Gasteiger partial charge is 0.497 e. The average Bonchev–Trinajstić information content (AvgIpc) is 2.69. The Kier molecular flexibility index (Phi) is 5.75. The summed E-state index contributed by atoms with van der Waals surface area (Å²) in [6.45, 7) is 0.600. The Morgan fingerprint density at radius 2 is 1.89 bits per heavy atom. The van der Waals surface area contributed by atoms with Gasteiger partial charge in [-0.3, -0.25) is 0 Å². The van der Waals surface area contributed by atoms with Crippen LogP contribution in [0.5, 0.6) is 5.75 Å². The number of anilines is 3. The van der Waals surface area contributed by atoms with Gasteiger partial charge in [0.25, 0.3) is 0 Å². The topological polar surface area (TPSA) is 59.1 Å². The Morgan fingerprint density at radius 1 is 1.04 bits per heavy atom. The van der Waals surface area contributed by atoms with E-state index in [9.17, 15) is 13.2 Å². The molecule has 3 rings (SSSR count). The van der Waals surface area contributed by atoms with E-state index >= 15 is 0 Å². The molecule has 0 bridgehead atoms. The molecule has 2 N–H and O–H groups in total. The van der Waals surface area contributed by atoms with Crippen molar-refractivity contribution in [3.63, 3.8) is 0 Å². The van der Waals surface area contributed by atoms with Crippen LogP contribution in [0.3, 0.4) is 0 Å². The molecule has 0 amide bonds. The predicted octanol–water partition coefficient (Wildman–Crippen LogP) is 4.30. The third kappa shape index (κ3) is 4.66. The lowest BCUT2D eigenvalue weighted by molar-refractivity contribution is 0.414. The van der Waals surface area contributed by atoms with Crippen LogP contribution in [-0.2, 0) is 6.42 Å². The van der Waals surface area contributed by atoms with Gasteiger partial charge >= 0.3 is 0 Å². The summed E-state index contributed by atoms with van der Waals surface area (Å²) in [6.07, 6.45) is 2.21. The molecule has 0 saturated carbocycles. The van der Waals surface area contributed by atoms with Gasteiger partial charge in [-0.1, -0.05) is 12.1 Å². The second kappa shape index (κ2) is 8.39. The van der Waals surface area contributed by atoms with E-state index in [4.69, 9.17) is 4.74 Å². The summed E-state index contributed by atoms with van der Waals surface area (Å²) in [6, 6.07) is 11.3. The first-order valence-corrected chi connectivity index (χ1v) is 8.17. The molecule has 2 aromatic carbocycles. The number of nitrogens with one attached hydrogen (secondary N) is 2. The van der Waals surface area contributed by atoms with Crippen molar-refractivity contribution in [1.82, 2.24) is 9.97 Å². The molecule has 0 aliphatic rings. The van der Waals surface area contributed by atoms with E-state index in [0.717, 1.165) is 29.9 Å². The molecular formula is C19H17F3N4O. The molecule has 0 atom stereocenters. The molecule has 0 unspecified atom stereocenters. The number of nitrogens with zero attached hydrogens (tertiary/aromatic N) is 2. The smallest absolute Gasteiger partial charge is 0.229 e. The number of rotatable bonds is 7. The Bertz CT molecular complexity index is 937. The fourth-order valence-corrected chi connectivity index (χ4v) is 2.42. The lowest BCUT2D eigenvalue weighted by Crippen LogP contribution is -2.08. The first-order chi connectivity index (χ1) is 13.1. The molecule has 8 heteroatoms. The SMILES string of the molecule is COc1cccc(CCNc2ccnc(Nc3ccc(F)c(F)c3F)n2)c1. The normalized spacial score (nSPS) is 10.5. The Balaban J connectivity index is 1.63. The van der Waals surface area contributed by atoms with Gasteiger partial charge in [-0.15, -0.1) is 0 Å². The van der Waals surface area contributed by atoms with E-state index in [1.54, 1.807) is 13.2 Å². The number of methoxy groups -OCH3 is 1. The van der Waals surface area contributed by atoms with Gasteiger partial charge < -0.3 is 15.4 Å². The minimum atomic E-state index is -1.55. The van der Waals surface area contributed by atoms with E-state index < -0.39 is 17.5 Å². The van der Waals surface area contributed by atoms with Crippen LogP contribution < -0.4 is 15.4 Å². The third-order valence-electron chi connectivity index (χ3n) is 3.79. The van der Waals surface area contributed by atoms with Crippen molar-refractivity contribution in [2.24, 2.45) is 0 Å². The number of hydrogen-bond acceptors (Lipinski definition) is 5. The van der Waals surface area contributed by atoms with Gasteiger partial charge in [-0.05, 0) is 42.3 Å². The summed E-state index contributed by atoms with van der Waals surface area (Å²) in [5.74, 6) is -2.77. The van der Waals surface area contributed by atoms with Crippen LogP contribution >= 0.6 is 0 Å². The Hall–Kier alpha value is -3.29. The second-order valence-corrected chi connectivity index (χ2v) is 5.64. The fraction of sp³-hybridized carbons (Fsp3) is 0.158. The van der Waals surface area contributed by atoms with Crippen LogP contribution in [-0.4, -0.2) is 23.6 Å². The molecule has 140 valence electrons. The quantitative estimate of drug-likeness (QED) is 0.604. The lowest BCUT2D eigenvalue weighted by atomic mass is 10.1. The summed E-state index contributed by atoms with van der Waals surface area (Å²) >= 11 is 0. The van der Waals surface area contributed by atoms with Crippen LogP contribution in [0.2, 0.25) is 0 Å². The van der Waals surface area contributed by atoms with Crippen molar-refractivity contribution in [3.8, 4) is 5.75 Å². The first kappa shape index (κ1) is 18.5. The highest BCUT2D eigenvalue weighted by Gasteiger charge is 2.14. The number of aromatic nitrogens is 2. The maximum Gasteiger partial charge on any atom is 0.229 e. The molecule has 0 fully saturated rings. The maximum atomic E-state index is 13.7. The van der Waals surface area contributed by atoms with E-state index in [-0.39, 0.29) is 11.6 Å².